The van der Waals surface area contributed by atoms with Gasteiger partial charge in [0, 0.05) is 13.2 Å². The Labute approximate surface area is 148 Å². The number of aromatic nitrogens is 3. The topological polar surface area (TPSA) is 90.6 Å². The molecule has 0 fully saturated rings. The first kappa shape index (κ1) is 17.0. The number of ether oxygens (including phenoxy) is 1. The largest absolute Gasteiger partial charge is 0.467 e. The van der Waals surface area contributed by atoms with E-state index in [2.05, 4.69) is 15.4 Å². The van der Waals surface area contributed by atoms with Gasteiger partial charge < -0.3 is 20.2 Å². The van der Waals surface area contributed by atoms with Crippen molar-refractivity contribution in [1.82, 2.24) is 14.6 Å². The zero-order chi connectivity index (χ0) is 17.1. The lowest BCUT2D eigenvalue weighted by molar-refractivity contribution is 0.180. The number of anilines is 1. The standard InChI is InChI=1S/C15H17Cl2N5O2/c1-23-8-10(18)5-9-6-12-14(19-7-11-3-2-4-24-11)20-15(17)21-22(12)13(9)16/h2-4,6,10H,5,7-8,18H2,1H3,(H,19,20,21)/t10-/m1/s1. The zero-order valence-electron chi connectivity index (χ0n) is 13.0. The maximum Gasteiger partial charge on any atom is 0.243 e. The molecule has 9 heteroatoms. The fraction of sp³-hybridized carbons (Fsp3) is 0.333. The number of hydrogen-bond donors (Lipinski definition) is 2. The molecule has 0 aliphatic carbocycles. The molecule has 0 bridgehead atoms. The van der Waals surface area contributed by atoms with Gasteiger partial charge in [0.25, 0.3) is 0 Å². The molecule has 0 aliphatic rings. The highest BCUT2D eigenvalue weighted by atomic mass is 35.5. The molecule has 0 aromatic carbocycles. The summed E-state index contributed by atoms with van der Waals surface area (Å²) in [6, 6.07) is 5.43. The van der Waals surface area contributed by atoms with E-state index < -0.39 is 0 Å². The van der Waals surface area contributed by atoms with Crippen LogP contribution in [0.25, 0.3) is 5.52 Å². The van der Waals surface area contributed by atoms with E-state index in [1.165, 1.54) is 0 Å². The Balaban J connectivity index is 1.91. The first-order valence-corrected chi connectivity index (χ1v) is 8.08. The van der Waals surface area contributed by atoms with Gasteiger partial charge in [-0.05, 0) is 41.8 Å². The van der Waals surface area contributed by atoms with Crippen LogP contribution in [0.15, 0.2) is 28.9 Å². The lowest BCUT2D eigenvalue weighted by Gasteiger charge is -2.08. The van der Waals surface area contributed by atoms with Crippen LogP contribution >= 0.6 is 23.2 Å². The average Bonchev–Trinajstić information content (AvgIpc) is 3.15. The van der Waals surface area contributed by atoms with Crippen LogP contribution in [0.2, 0.25) is 10.4 Å². The second-order valence-electron chi connectivity index (χ2n) is 5.34. The summed E-state index contributed by atoms with van der Waals surface area (Å²) in [6.45, 7) is 0.913. The van der Waals surface area contributed by atoms with Crippen LogP contribution in [-0.2, 0) is 17.7 Å². The number of nitrogens with zero attached hydrogens (tertiary/aromatic N) is 3. The van der Waals surface area contributed by atoms with Crippen molar-refractivity contribution >= 4 is 34.5 Å². The molecule has 0 saturated heterocycles. The van der Waals surface area contributed by atoms with Gasteiger partial charge in [-0.25, -0.2) is 4.52 Å². The third kappa shape index (κ3) is 3.64. The predicted molar refractivity (Wildman–Crippen MR) is 92.6 cm³/mol. The Morgan fingerprint density at radius 3 is 3.00 bits per heavy atom. The van der Waals surface area contributed by atoms with E-state index >= 15 is 0 Å². The molecule has 3 N–H and O–H groups in total. The lowest BCUT2D eigenvalue weighted by atomic mass is 10.1. The van der Waals surface area contributed by atoms with Gasteiger partial charge in [-0.2, -0.15) is 4.98 Å². The highest BCUT2D eigenvalue weighted by Gasteiger charge is 2.17. The highest BCUT2D eigenvalue weighted by molar-refractivity contribution is 6.31. The van der Waals surface area contributed by atoms with Crippen LogP contribution in [0.4, 0.5) is 5.82 Å². The molecule has 3 aromatic heterocycles. The smallest absolute Gasteiger partial charge is 0.243 e. The Morgan fingerprint density at radius 2 is 2.29 bits per heavy atom. The minimum atomic E-state index is -0.159. The van der Waals surface area contributed by atoms with E-state index in [1.807, 2.05) is 18.2 Å². The molecule has 24 heavy (non-hydrogen) atoms. The summed E-state index contributed by atoms with van der Waals surface area (Å²) in [5.74, 6) is 1.35. The Morgan fingerprint density at radius 1 is 1.46 bits per heavy atom. The zero-order valence-corrected chi connectivity index (χ0v) is 14.5. The quantitative estimate of drug-likeness (QED) is 0.665. The number of hydrogen-bond acceptors (Lipinski definition) is 6. The van der Waals surface area contributed by atoms with Crippen LogP contribution in [0, 0.1) is 0 Å². The van der Waals surface area contributed by atoms with Gasteiger partial charge in [0.1, 0.15) is 16.4 Å². The first-order chi connectivity index (χ1) is 11.6. The van der Waals surface area contributed by atoms with Gasteiger partial charge in [0.2, 0.25) is 5.28 Å². The van der Waals surface area contributed by atoms with Crippen molar-refractivity contribution in [2.75, 3.05) is 19.0 Å². The molecule has 128 valence electrons. The molecule has 0 spiro atoms. The average molecular weight is 370 g/mol. The number of furan rings is 1. The maximum absolute atomic E-state index is 6.42. The molecule has 3 rings (SSSR count). The molecule has 0 aliphatic heterocycles. The number of halogens is 2. The molecule has 1 atom stereocenters. The van der Waals surface area contributed by atoms with Gasteiger partial charge in [-0.1, -0.05) is 11.6 Å². The fourth-order valence-electron chi connectivity index (χ4n) is 2.46. The molecular formula is C15H17Cl2N5O2. The minimum absolute atomic E-state index is 0.0923. The highest BCUT2D eigenvalue weighted by Crippen LogP contribution is 2.27. The molecule has 3 heterocycles. The van der Waals surface area contributed by atoms with Crippen LogP contribution in [0.5, 0.6) is 0 Å². The number of rotatable bonds is 7. The molecule has 0 amide bonds. The molecule has 3 aromatic rings. The van der Waals surface area contributed by atoms with Crippen LogP contribution in [0.3, 0.4) is 0 Å². The maximum atomic E-state index is 6.42. The number of methoxy groups -OCH3 is 1. The third-order valence-electron chi connectivity index (χ3n) is 3.49. The van der Waals surface area contributed by atoms with E-state index in [1.54, 1.807) is 17.9 Å². The summed E-state index contributed by atoms with van der Waals surface area (Å²) in [4.78, 5) is 4.24. The van der Waals surface area contributed by atoms with Gasteiger partial charge in [0.15, 0.2) is 5.82 Å². The van der Waals surface area contributed by atoms with Gasteiger partial charge in [-0.15, -0.1) is 5.10 Å². The lowest BCUT2D eigenvalue weighted by Crippen LogP contribution is -2.27. The van der Waals surface area contributed by atoms with Crippen molar-refractivity contribution in [1.29, 1.82) is 0 Å². The monoisotopic (exact) mass is 369 g/mol. The van der Waals surface area contributed by atoms with Crippen molar-refractivity contribution < 1.29 is 9.15 Å². The Hall–Kier alpha value is -1.80. The molecular weight excluding hydrogens is 353 g/mol. The van der Waals surface area contributed by atoms with Crippen molar-refractivity contribution in [3.8, 4) is 0 Å². The number of nitrogens with one attached hydrogen (secondary N) is 1. The predicted octanol–water partition coefficient (Wildman–Crippen LogP) is 2.76. The van der Waals surface area contributed by atoms with Gasteiger partial charge in [0.05, 0.1) is 19.4 Å². The summed E-state index contributed by atoms with van der Waals surface area (Å²) >= 11 is 12.4. The van der Waals surface area contributed by atoms with Crippen molar-refractivity contribution in [3.63, 3.8) is 0 Å². The SMILES string of the molecule is COC[C@H](N)Cc1cc2c(NCc3ccco3)nc(Cl)nn2c1Cl. The van der Waals surface area contributed by atoms with E-state index in [-0.39, 0.29) is 11.3 Å². The summed E-state index contributed by atoms with van der Waals surface area (Å²) in [6.07, 6.45) is 2.17. The second-order valence-corrected chi connectivity index (χ2v) is 6.04. The van der Waals surface area contributed by atoms with E-state index in [0.717, 1.165) is 16.8 Å². The second kappa shape index (κ2) is 7.40. The minimum Gasteiger partial charge on any atom is -0.467 e. The first-order valence-electron chi connectivity index (χ1n) is 7.33. The van der Waals surface area contributed by atoms with Crippen LogP contribution in [0.1, 0.15) is 11.3 Å². The molecule has 0 saturated carbocycles. The van der Waals surface area contributed by atoms with Crippen LogP contribution in [-0.4, -0.2) is 34.4 Å². The molecule has 7 nitrogen and oxygen atoms in total. The summed E-state index contributed by atoms with van der Waals surface area (Å²) < 4.78 is 11.9. The van der Waals surface area contributed by atoms with Gasteiger partial charge >= 0.3 is 0 Å². The number of nitrogens with two attached hydrogens (primary N) is 1. The van der Waals surface area contributed by atoms with Crippen molar-refractivity contribution in [2.24, 2.45) is 5.73 Å². The fourth-order valence-corrected chi connectivity index (χ4v) is 2.88. The summed E-state index contributed by atoms with van der Waals surface area (Å²) in [7, 11) is 1.61. The summed E-state index contributed by atoms with van der Waals surface area (Å²) in [5, 5.41) is 7.90. The number of fused-ring (bicyclic) bond motifs is 1. The van der Waals surface area contributed by atoms with E-state index in [0.29, 0.717) is 30.5 Å². The normalized spacial score (nSPS) is 12.7. The molecule has 0 radical (unpaired) electrons. The molecule has 0 unspecified atom stereocenters. The van der Waals surface area contributed by atoms with E-state index in [9.17, 15) is 0 Å². The summed E-state index contributed by atoms with van der Waals surface area (Å²) in [5.41, 5.74) is 7.59. The van der Waals surface area contributed by atoms with Crippen molar-refractivity contribution in [3.05, 3.63) is 46.2 Å². The van der Waals surface area contributed by atoms with Gasteiger partial charge in [-0.3, -0.25) is 0 Å². The van der Waals surface area contributed by atoms with E-state index in [4.69, 9.17) is 38.1 Å². The van der Waals surface area contributed by atoms with Crippen molar-refractivity contribution in [2.45, 2.75) is 19.0 Å². The Kier molecular flexibility index (Phi) is 5.25. The Bertz CT molecular complexity index is 819. The third-order valence-corrected chi connectivity index (χ3v) is 4.06. The van der Waals surface area contributed by atoms with Crippen LogP contribution < -0.4 is 11.1 Å².